The molecule has 0 aliphatic heterocycles. The Morgan fingerprint density at radius 3 is 2.56 bits per heavy atom. The fourth-order valence-corrected chi connectivity index (χ4v) is 3.26. The van der Waals surface area contributed by atoms with Crippen LogP contribution in [-0.4, -0.2) is 6.10 Å². The van der Waals surface area contributed by atoms with Crippen LogP contribution in [0.25, 0.3) is 0 Å². The van der Waals surface area contributed by atoms with Crippen LogP contribution in [0.5, 0.6) is 0 Å². The van der Waals surface area contributed by atoms with Gasteiger partial charge in [0.15, 0.2) is 0 Å². The first-order chi connectivity index (χ1) is 8.56. The minimum atomic E-state index is -0.221. The second-order valence-electron chi connectivity index (χ2n) is 5.56. The van der Waals surface area contributed by atoms with Crippen molar-refractivity contribution in [2.45, 2.75) is 45.8 Å². The van der Waals surface area contributed by atoms with Gasteiger partial charge < -0.3 is 4.74 Å². The van der Waals surface area contributed by atoms with E-state index < -0.39 is 0 Å². The zero-order chi connectivity index (χ0) is 13.1. The van der Waals surface area contributed by atoms with Crippen LogP contribution < -0.4 is 0 Å². The van der Waals surface area contributed by atoms with Crippen molar-refractivity contribution in [2.75, 3.05) is 0 Å². The third-order valence-corrected chi connectivity index (χ3v) is 4.53. The van der Waals surface area contributed by atoms with Crippen molar-refractivity contribution < 1.29 is 9.13 Å². The molecule has 1 aromatic carbocycles. The highest BCUT2D eigenvalue weighted by Gasteiger charge is 2.24. The van der Waals surface area contributed by atoms with Gasteiger partial charge in [0.25, 0.3) is 0 Å². The Bertz CT molecular complexity index is 397. The summed E-state index contributed by atoms with van der Waals surface area (Å²) in [7, 11) is 0. The fourth-order valence-electron chi connectivity index (χ4n) is 2.88. The molecule has 1 aliphatic carbocycles. The molecular formula is C15H20BrFO. The summed E-state index contributed by atoms with van der Waals surface area (Å²) in [6.07, 6.45) is 3.86. The van der Waals surface area contributed by atoms with Gasteiger partial charge in [-0.05, 0) is 58.7 Å². The van der Waals surface area contributed by atoms with Crippen LogP contribution in [0.1, 0.15) is 38.7 Å². The minimum Gasteiger partial charge on any atom is -0.373 e. The summed E-state index contributed by atoms with van der Waals surface area (Å²) in [4.78, 5) is 0. The number of benzene rings is 1. The number of rotatable bonds is 3. The molecule has 1 aromatic rings. The van der Waals surface area contributed by atoms with Gasteiger partial charge in [-0.3, -0.25) is 0 Å². The molecule has 0 radical (unpaired) electrons. The maximum Gasteiger partial charge on any atom is 0.137 e. The van der Waals surface area contributed by atoms with Gasteiger partial charge in [0.2, 0.25) is 0 Å². The number of hydrogen-bond acceptors (Lipinski definition) is 1. The van der Waals surface area contributed by atoms with Crippen LogP contribution in [0.4, 0.5) is 4.39 Å². The lowest BCUT2D eigenvalue weighted by Crippen LogP contribution is -2.26. The van der Waals surface area contributed by atoms with Gasteiger partial charge in [-0.2, -0.15) is 0 Å². The lowest BCUT2D eigenvalue weighted by molar-refractivity contribution is -0.00946. The van der Waals surface area contributed by atoms with Gasteiger partial charge in [0.1, 0.15) is 5.82 Å². The van der Waals surface area contributed by atoms with E-state index in [9.17, 15) is 4.39 Å². The van der Waals surface area contributed by atoms with E-state index in [0.29, 0.717) is 17.2 Å². The van der Waals surface area contributed by atoms with Gasteiger partial charge in [-0.25, -0.2) is 4.39 Å². The third-order valence-electron chi connectivity index (χ3n) is 3.64. The second-order valence-corrected chi connectivity index (χ2v) is 6.36. The highest BCUT2D eigenvalue weighted by Crippen LogP contribution is 2.31. The van der Waals surface area contributed by atoms with E-state index in [1.165, 1.54) is 12.5 Å². The smallest absolute Gasteiger partial charge is 0.137 e. The Labute approximate surface area is 117 Å². The van der Waals surface area contributed by atoms with Crippen molar-refractivity contribution in [3.05, 3.63) is 34.1 Å². The highest BCUT2D eigenvalue weighted by molar-refractivity contribution is 9.10. The molecule has 0 N–H and O–H groups in total. The van der Waals surface area contributed by atoms with Crippen molar-refractivity contribution in [2.24, 2.45) is 11.8 Å². The van der Waals surface area contributed by atoms with Crippen LogP contribution in [0.3, 0.4) is 0 Å². The molecule has 3 heteroatoms. The summed E-state index contributed by atoms with van der Waals surface area (Å²) in [6, 6.07) is 5.09. The molecule has 0 heterocycles. The Morgan fingerprint density at radius 2 is 1.89 bits per heavy atom. The summed E-state index contributed by atoms with van der Waals surface area (Å²) in [5.41, 5.74) is 0.890. The van der Waals surface area contributed by atoms with E-state index in [4.69, 9.17) is 4.74 Å². The highest BCUT2D eigenvalue weighted by atomic mass is 79.9. The first kappa shape index (κ1) is 14.0. The fraction of sp³-hybridized carbons (Fsp3) is 0.600. The van der Waals surface area contributed by atoms with Gasteiger partial charge in [0, 0.05) is 0 Å². The van der Waals surface area contributed by atoms with Gasteiger partial charge in [0.05, 0.1) is 17.2 Å². The van der Waals surface area contributed by atoms with Gasteiger partial charge in [-0.1, -0.05) is 26.0 Å². The van der Waals surface area contributed by atoms with E-state index in [1.54, 1.807) is 6.07 Å². The molecule has 1 nitrogen and oxygen atoms in total. The van der Waals surface area contributed by atoms with E-state index in [1.807, 2.05) is 6.07 Å². The maximum atomic E-state index is 13.4. The molecule has 0 spiro atoms. The minimum absolute atomic E-state index is 0.221. The molecule has 1 saturated carbocycles. The topological polar surface area (TPSA) is 9.23 Å². The number of ether oxygens (including phenoxy) is 1. The first-order valence-electron chi connectivity index (χ1n) is 6.60. The van der Waals surface area contributed by atoms with E-state index in [2.05, 4.69) is 29.8 Å². The van der Waals surface area contributed by atoms with Crippen LogP contribution >= 0.6 is 15.9 Å². The average molecular weight is 315 g/mol. The summed E-state index contributed by atoms with van der Waals surface area (Å²) < 4.78 is 19.8. The summed E-state index contributed by atoms with van der Waals surface area (Å²) in [5.74, 6) is 1.24. The molecule has 18 heavy (non-hydrogen) atoms. The molecule has 0 bridgehead atoms. The van der Waals surface area contributed by atoms with Gasteiger partial charge in [-0.15, -0.1) is 0 Å². The second kappa shape index (κ2) is 6.16. The van der Waals surface area contributed by atoms with Crippen LogP contribution in [-0.2, 0) is 11.3 Å². The van der Waals surface area contributed by atoms with Crippen molar-refractivity contribution in [1.82, 2.24) is 0 Å². The Morgan fingerprint density at radius 1 is 1.22 bits per heavy atom. The predicted molar refractivity (Wildman–Crippen MR) is 74.9 cm³/mol. The Kier molecular flexibility index (Phi) is 4.79. The van der Waals surface area contributed by atoms with Crippen LogP contribution in [0.2, 0.25) is 0 Å². The first-order valence-corrected chi connectivity index (χ1v) is 7.40. The SMILES string of the molecule is CC1CC(C)CC(OCc2cccc(F)c2Br)C1. The molecule has 2 atom stereocenters. The molecule has 2 rings (SSSR count). The normalized spacial score (nSPS) is 28.3. The van der Waals surface area contributed by atoms with Gasteiger partial charge >= 0.3 is 0 Å². The lowest BCUT2D eigenvalue weighted by Gasteiger charge is -2.31. The third kappa shape index (κ3) is 3.55. The lowest BCUT2D eigenvalue weighted by atomic mass is 9.82. The predicted octanol–water partition coefficient (Wildman–Crippen LogP) is 4.93. The summed E-state index contributed by atoms with van der Waals surface area (Å²) >= 11 is 3.27. The molecule has 0 amide bonds. The van der Waals surface area contributed by atoms with Crippen molar-refractivity contribution in [3.63, 3.8) is 0 Å². The molecular weight excluding hydrogens is 295 g/mol. The zero-order valence-corrected chi connectivity index (χ0v) is 12.5. The molecule has 1 aliphatic rings. The van der Waals surface area contributed by atoms with Crippen LogP contribution in [0.15, 0.2) is 22.7 Å². The summed E-state index contributed by atoms with van der Waals surface area (Å²) in [6.45, 7) is 5.05. The van der Waals surface area contributed by atoms with E-state index in [0.717, 1.165) is 30.2 Å². The molecule has 0 aromatic heterocycles. The quantitative estimate of drug-likeness (QED) is 0.768. The summed E-state index contributed by atoms with van der Waals surface area (Å²) in [5, 5.41) is 0. The van der Waals surface area contributed by atoms with Crippen molar-refractivity contribution >= 4 is 15.9 Å². The zero-order valence-electron chi connectivity index (χ0n) is 11.0. The molecule has 1 fully saturated rings. The maximum absolute atomic E-state index is 13.4. The number of halogens is 2. The standard InChI is InChI=1S/C15H20BrFO/c1-10-6-11(2)8-13(7-10)18-9-12-4-3-5-14(17)15(12)16/h3-5,10-11,13H,6-9H2,1-2H3. The van der Waals surface area contributed by atoms with E-state index >= 15 is 0 Å². The molecule has 2 unspecified atom stereocenters. The molecule has 0 saturated heterocycles. The average Bonchev–Trinajstić information content (AvgIpc) is 2.30. The Hall–Kier alpha value is -0.410. The van der Waals surface area contributed by atoms with Crippen LogP contribution in [0, 0.1) is 17.7 Å². The van der Waals surface area contributed by atoms with Crippen molar-refractivity contribution in [3.8, 4) is 0 Å². The van der Waals surface area contributed by atoms with Crippen molar-refractivity contribution in [1.29, 1.82) is 0 Å². The monoisotopic (exact) mass is 314 g/mol. The molecule has 100 valence electrons. The van der Waals surface area contributed by atoms with E-state index in [-0.39, 0.29) is 5.82 Å². The largest absolute Gasteiger partial charge is 0.373 e. The number of hydrogen-bond donors (Lipinski definition) is 0. The Balaban J connectivity index is 1.93.